The highest BCUT2D eigenvalue weighted by molar-refractivity contribution is 5.30. The molecule has 0 amide bonds. The minimum absolute atomic E-state index is 0.0565. The van der Waals surface area contributed by atoms with Crippen LogP contribution in [0.5, 0.6) is 0 Å². The molecule has 0 aromatic heterocycles. The van der Waals surface area contributed by atoms with Gasteiger partial charge in [-0.1, -0.05) is 30.2 Å². The summed E-state index contributed by atoms with van der Waals surface area (Å²) in [5.74, 6) is 0.332. The third-order valence-corrected chi connectivity index (χ3v) is 17.3. The second-order valence-electron chi connectivity index (χ2n) is 21.1. The molecular formula is C46H72O19. The second kappa shape index (κ2) is 18.2. The minimum Gasteiger partial charge on any atom is -0.394 e. The van der Waals surface area contributed by atoms with Gasteiger partial charge in [0.15, 0.2) is 25.2 Å². The lowest BCUT2D eigenvalue weighted by Crippen LogP contribution is -2.67. The monoisotopic (exact) mass is 928 g/mol. The van der Waals surface area contributed by atoms with E-state index >= 15 is 0 Å². The van der Waals surface area contributed by atoms with Crippen molar-refractivity contribution in [3.63, 3.8) is 0 Å². The first-order valence-electron chi connectivity index (χ1n) is 23.6. The maximum absolute atomic E-state index is 11.5. The molecule has 19 nitrogen and oxygen atoms in total. The van der Waals surface area contributed by atoms with Gasteiger partial charge in [0.2, 0.25) is 0 Å². The van der Waals surface area contributed by atoms with Crippen molar-refractivity contribution in [3.8, 4) is 0 Å². The van der Waals surface area contributed by atoms with Crippen molar-refractivity contribution in [2.45, 2.75) is 208 Å². The van der Waals surface area contributed by atoms with E-state index in [-0.39, 0.29) is 46.7 Å². The summed E-state index contributed by atoms with van der Waals surface area (Å²) < 4.78 is 56.6. The zero-order chi connectivity index (χ0) is 46.7. The molecule has 370 valence electrons. The highest BCUT2D eigenvalue weighted by Gasteiger charge is 2.78. The Labute approximate surface area is 379 Å². The van der Waals surface area contributed by atoms with E-state index < -0.39 is 129 Å². The number of aliphatic hydroxyl groups excluding tert-OH is 10. The van der Waals surface area contributed by atoms with Gasteiger partial charge in [0.05, 0.1) is 54.7 Å². The lowest BCUT2D eigenvalue weighted by molar-refractivity contribution is -0.394. The van der Waals surface area contributed by atoms with Crippen LogP contribution < -0.4 is 0 Å². The zero-order valence-electron chi connectivity index (χ0n) is 38.0. The average Bonchev–Trinajstić information content (AvgIpc) is 3.76. The maximum atomic E-state index is 11.5. The molecule has 5 saturated heterocycles. The van der Waals surface area contributed by atoms with Gasteiger partial charge in [-0.25, -0.2) is 0 Å². The average molecular weight is 929 g/mol. The van der Waals surface area contributed by atoms with Crippen LogP contribution in [0.3, 0.4) is 0 Å². The Bertz CT molecular complexity index is 1770. The molecule has 3 saturated carbocycles. The molecule has 0 aromatic carbocycles. The van der Waals surface area contributed by atoms with Gasteiger partial charge < -0.3 is 93.7 Å². The van der Waals surface area contributed by atoms with Gasteiger partial charge in [0.25, 0.3) is 0 Å². The van der Waals surface area contributed by atoms with Gasteiger partial charge in [-0.05, 0) is 83.5 Å². The minimum atomic E-state index is -1.83. The van der Waals surface area contributed by atoms with E-state index in [0.717, 1.165) is 31.3 Å². The maximum Gasteiger partial charge on any atom is 0.187 e. The third-order valence-electron chi connectivity index (χ3n) is 17.3. The van der Waals surface area contributed by atoms with Gasteiger partial charge in [0, 0.05) is 25.4 Å². The Balaban J connectivity index is 0.940. The van der Waals surface area contributed by atoms with Crippen LogP contribution in [0.15, 0.2) is 23.3 Å². The van der Waals surface area contributed by atoms with Crippen LogP contribution in [0, 0.1) is 34.5 Å². The summed E-state index contributed by atoms with van der Waals surface area (Å²) in [6.07, 6.45) is -16.1. The summed E-state index contributed by atoms with van der Waals surface area (Å²) in [6, 6.07) is 0. The molecule has 10 N–H and O–H groups in total. The van der Waals surface area contributed by atoms with Gasteiger partial charge in [0.1, 0.15) is 67.1 Å². The molecule has 9 rings (SSSR count). The number of allylic oxidation sites excluding steroid dienone is 2. The van der Waals surface area contributed by atoms with E-state index in [9.17, 15) is 51.1 Å². The van der Waals surface area contributed by atoms with Crippen molar-refractivity contribution in [2.24, 2.45) is 34.5 Å². The van der Waals surface area contributed by atoms with E-state index in [1.165, 1.54) is 12.5 Å². The van der Waals surface area contributed by atoms with Gasteiger partial charge in [-0.2, -0.15) is 0 Å². The molecule has 5 aliphatic heterocycles. The van der Waals surface area contributed by atoms with Crippen LogP contribution in [-0.2, 0) is 42.6 Å². The number of rotatable bonds is 10. The van der Waals surface area contributed by atoms with Gasteiger partial charge in [-0.15, -0.1) is 0 Å². The predicted octanol–water partition coefficient (Wildman–Crippen LogP) is -1.13. The van der Waals surface area contributed by atoms with Crippen molar-refractivity contribution in [2.75, 3.05) is 20.3 Å². The smallest absolute Gasteiger partial charge is 0.187 e. The quantitative estimate of drug-likeness (QED) is 0.116. The zero-order valence-corrected chi connectivity index (χ0v) is 38.0. The first-order valence-corrected chi connectivity index (χ1v) is 23.6. The van der Waals surface area contributed by atoms with Crippen molar-refractivity contribution in [1.82, 2.24) is 0 Å². The van der Waals surface area contributed by atoms with E-state index in [4.69, 9.17) is 42.6 Å². The number of methoxy groups -OCH3 is 1. The standard InChI is InChI=1S/C46H72O19/c1-18(2)13-24-25(49)15-26-38-45(24,5)65-43(57-6)46(38)12-10-23-22(39(46)60-26)8-7-20-14-21(9-11-44(20,23)4)59-41-36(33(54)30(51)27(16-47)61-41)64-42-37(34(55)31(52)28(17-48)62-42)63-40-35(56)32(53)29(50)19(3)58-40/h7,13,19,21-43,47-56H,8-12,14-17H2,1-6H3/t19-,21+,22-,23+,24-,25-,26-,27-,28+,29-,30-,31+,32+,33-,34-,35-,36-,37+,38-,39+,40+,41+,42-,43-,44+,45+,46-/m0/s1. The van der Waals surface area contributed by atoms with E-state index in [1.807, 2.05) is 13.8 Å². The van der Waals surface area contributed by atoms with Gasteiger partial charge >= 0.3 is 0 Å². The van der Waals surface area contributed by atoms with E-state index in [0.29, 0.717) is 19.3 Å². The largest absolute Gasteiger partial charge is 0.394 e. The molecule has 5 heterocycles. The van der Waals surface area contributed by atoms with Crippen molar-refractivity contribution in [3.05, 3.63) is 23.3 Å². The van der Waals surface area contributed by atoms with Crippen LogP contribution in [0.1, 0.15) is 79.6 Å². The summed E-state index contributed by atoms with van der Waals surface area (Å²) in [7, 11) is 1.71. The number of fused-ring (bicyclic) bond motifs is 4. The Morgan fingerprint density at radius 1 is 0.754 bits per heavy atom. The topological polar surface area (TPSA) is 285 Å². The Morgan fingerprint density at radius 3 is 2.00 bits per heavy atom. The van der Waals surface area contributed by atoms with E-state index in [2.05, 4.69) is 26.0 Å². The lowest BCUT2D eigenvalue weighted by atomic mass is 9.47. The number of hydrogen-bond donors (Lipinski definition) is 10. The molecule has 1 spiro atoms. The summed E-state index contributed by atoms with van der Waals surface area (Å²) >= 11 is 0. The first kappa shape index (κ1) is 48.7. The highest BCUT2D eigenvalue weighted by Crippen LogP contribution is 2.72. The molecule has 8 fully saturated rings. The molecule has 0 bridgehead atoms. The fourth-order valence-corrected chi connectivity index (χ4v) is 14.1. The Hall–Kier alpha value is -1.28. The molecule has 9 aliphatic rings. The van der Waals surface area contributed by atoms with Crippen LogP contribution in [0.4, 0.5) is 0 Å². The predicted molar refractivity (Wildman–Crippen MR) is 222 cm³/mol. The molecule has 0 radical (unpaired) electrons. The Morgan fingerprint density at radius 2 is 1.38 bits per heavy atom. The molecule has 19 heteroatoms. The summed E-state index contributed by atoms with van der Waals surface area (Å²) in [6.45, 7) is 8.56. The molecule has 0 unspecified atom stereocenters. The van der Waals surface area contributed by atoms with Crippen LogP contribution >= 0.6 is 0 Å². The summed E-state index contributed by atoms with van der Waals surface area (Å²) in [4.78, 5) is 0. The van der Waals surface area contributed by atoms with Crippen LogP contribution in [-0.4, -0.2) is 200 Å². The summed E-state index contributed by atoms with van der Waals surface area (Å²) in [5.41, 5.74) is 1.13. The SMILES string of the molecule is CO[C@H]1O[C@]2(C)[C@@H](C=C(C)C)[C@@H](O)C[C@@H]3O[C@@H]4[C@H]5CC=C6C[C@H](O[C@@H]7O[C@@H](CO)[C@H](O)[C@H](O)[C@@H]7O[C@@H]7O[C@H](CO)[C@@H](O)[C@H](O)[C@H]7O[C@H]7O[C@@H](C)[C@H](O)[C@@H](O)[C@@H]7O)CC[C@@]6(C)[C@@H]5CC[C@@]14[C@@H]32. The molecular weight excluding hydrogens is 856 g/mol. The lowest BCUT2D eigenvalue weighted by Gasteiger charge is -2.57. The number of ether oxygens (including phenoxy) is 9. The summed E-state index contributed by atoms with van der Waals surface area (Å²) in [5, 5.41) is 108. The highest BCUT2D eigenvalue weighted by atomic mass is 16.8. The van der Waals surface area contributed by atoms with Crippen molar-refractivity contribution < 1.29 is 93.7 Å². The normalized spacial score (nSPS) is 56.2. The number of aliphatic hydroxyl groups is 10. The first-order chi connectivity index (χ1) is 30.8. The molecule has 65 heavy (non-hydrogen) atoms. The van der Waals surface area contributed by atoms with Crippen LogP contribution in [0.2, 0.25) is 0 Å². The fraction of sp³-hybridized carbons (Fsp3) is 0.913. The number of hydrogen-bond acceptors (Lipinski definition) is 19. The fourth-order valence-electron chi connectivity index (χ4n) is 14.1. The molecule has 4 aliphatic carbocycles. The molecule has 27 atom stereocenters. The third kappa shape index (κ3) is 7.75. The van der Waals surface area contributed by atoms with Crippen LogP contribution in [0.25, 0.3) is 0 Å². The van der Waals surface area contributed by atoms with Gasteiger partial charge in [-0.3, -0.25) is 0 Å². The molecule has 0 aromatic rings. The van der Waals surface area contributed by atoms with Crippen molar-refractivity contribution >= 4 is 0 Å². The second-order valence-corrected chi connectivity index (χ2v) is 21.1. The Kier molecular flexibility index (Phi) is 13.6. The van der Waals surface area contributed by atoms with E-state index in [1.54, 1.807) is 7.11 Å². The van der Waals surface area contributed by atoms with Crippen molar-refractivity contribution in [1.29, 1.82) is 0 Å².